The summed E-state index contributed by atoms with van der Waals surface area (Å²) in [6.07, 6.45) is 2.37. The maximum atomic E-state index is 2.51. The summed E-state index contributed by atoms with van der Waals surface area (Å²) >= 11 is -2.23. The Morgan fingerprint density at radius 3 is 1.71 bits per heavy atom. The summed E-state index contributed by atoms with van der Waals surface area (Å²) in [4.78, 5) is 0. The molecule has 1 aliphatic carbocycles. The van der Waals surface area contributed by atoms with Crippen LogP contribution in [0.5, 0.6) is 0 Å². The second-order valence-electron chi connectivity index (χ2n) is 9.55. The van der Waals surface area contributed by atoms with Crippen molar-refractivity contribution in [1.82, 2.24) is 0 Å². The minimum absolute atomic E-state index is 0.520. The van der Waals surface area contributed by atoms with E-state index in [1.54, 1.807) is 33.5 Å². The third kappa shape index (κ3) is 4.30. The van der Waals surface area contributed by atoms with Gasteiger partial charge in [0.15, 0.2) is 0 Å². The van der Waals surface area contributed by atoms with Gasteiger partial charge in [-0.15, -0.1) is 0 Å². The third-order valence-electron chi connectivity index (χ3n) is 7.02. The van der Waals surface area contributed by atoms with Gasteiger partial charge in [0, 0.05) is 0 Å². The molecule has 0 unspecified atom stereocenters. The number of rotatable bonds is 5. The molecular formula is C33H29AsTe. The van der Waals surface area contributed by atoms with Gasteiger partial charge in [0.25, 0.3) is 0 Å². The summed E-state index contributed by atoms with van der Waals surface area (Å²) in [5.74, 6) is 0. The summed E-state index contributed by atoms with van der Waals surface area (Å²) in [5.41, 5.74) is 7.42. The molecule has 0 fully saturated rings. The monoisotopic (exact) mass is 630 g/mol. The molecule has 0 saturated heterocycles. The Kier molecular flexibility index (Phi) is 6.37. The van der Waals surface area contributed by atoms with E-state index in [0.717, 1.165) is 0 Å². The van der Waals surface area contributed by atoms with Crippen molar-refractivity contribution in [3.05, 3.63) is 125 Å². The van der Waals surface area contributed by atoms with Crippen LogP contribution < -0.4 is 20.3 Å². The van der Waals surface area contributed by atoms with Crippen LogP contribution in [0, 0.1) is 20.8 Å². The van der Waals surface area contributed by atoms with E-state index in [4.69, 9.17) is 0 Å². The normalized spacial score (nSPS) is 12.6. The van der Waals surface area contributed by atoms with Gasteiger partial charge in [-0.3, -0.25) is 0 Å². The molecular weight excluding hydrogens is 599 g/mol. The van der Waals surface area contributed by atoms with Crippen LogP contribution in [0.2, 0.25) is 0 Å². The molecule has 0 radical (unpaired) electrons. The van der Waals surface area contributed by atoms with Crippen LogP contribution in [-0.2, 0) is 12.8 Å². The average molecular weight is 628 g/mol. The summed E-state index contributed by atoms with van der Waals surface area (Å²) in [5, 5.41) is 3.19. The SMILES string of the molecule is Cc1cc(C)c([Te]c2ccc3c4c(ccc([As](c5ccccc5)c5ccccc5)c24)CC3)c(C)c1. The van der Waals surface area contributed by atoms with E-state index in [2.05, 4.69) is 118 Å². The molecule has 0 bridgehead atoms. The molecule has 0 aliphatic heterocycles. The van der Waals surface area contributed by atoms with Gasteiger partial charge in [-0.2, -0.15) is 0 Å². The second-order valence-corrected chi connectivity index (χ2v) is 17.1. The van der Waals surface area contributed by atoms with Gasteiger partial charge in [-0.1, -0.05) is 0 Å². The molecule has 0 saturated carbocycles. The Morgan fingerprint density at radius 1 is 0.600 bits per heavy atom. The van der Waals surface area contributed by atoms with E-state index in [1.807, 2.05) is 0 Å². The number of aryl methyl sites for hydroxylation is 5. The van der Waals surface area contributed by atoms with Crippen LogP contribution in [0.1, 0.15) is 27.8 Å². The quantitative estimate of drug-likeness (QED) is 0.258. The Labute approximate surface area is 223 Å². The second kappa shape index (κ2) is 9.63. The molecule has 5 aromatic carbocycles. The zero-order chi connectivity index (χ0) is 23.9. The van der Waals surface area contributed by atoms with Crippen molar-refractivity contribution in [2.75, 3.05) is 0 Å². The number of hydrogen-bond donors (Lipinski definition) is 0. The Bertz CT molecular complexity index is 1460. The van der Waals surface area contributed by atoms with Crippen LogP contribution >= 0.6 is 0 Å². The molecule has 0 aromatic heterocycles. The van der Waals surface area contributed by atoms with Gasteiger partial charge in [-0.25, -0.2) is 0 Å². The van der Waals surface area contributed by atoms with Crippen molar-refractivity contribution in [2.24, 2.45) is 0 Å². The van der Waals surface area contributed by atoms with E-state index in [1.165, 1.54) is 38.2 Å². The standard InChI is InChI=1S/C33H29AsTe/c1-22-20-23(2)33(24(3)21-22)35-30-19-17-26-15-14-25-16-18-29(32(30)31(25)26)34(27-10-6-4-7-11-27)28-12-8-5-9-13-28/h4-13,16-21H,14-15H2,1-3H3. The number of benzene rings is 5. The first kappa shape index (κ1) is 23.1. The van der Waals surface area contributed by atoms with Crippen molar-refractivity contribution in [3.8, 4) is 0 Å². The molecule has 0 heterocycles. The van der Waals surface area contributed by atoms with E-state index in [-0.39, 0.29) is 0 Å². The molecule has 35 heavy (non-hydrogen) atoms. The summed E-state index contributed by atoms with van der Waals surface area (Å²) in [7, 11) is 0. The van der Waals surface area contributed by atoms with E-state index in [9.17, 15) is 0 Å². The fourth-order valence-electron chi connectivity index (χ4n) is 5.57. The topological polar surface area (TPSA) is 0 Å². The third-order valence-corrected chi connectivity index (χ3v) is 16.3. The molecule has 0 N–H and O–H groups in total. The Morgan fingerprint density at radius 2 is 1.14 bits per heavy atom. The van der Waals surface area contributed by atoms with Crippen LogP contribution in [0.3, 0.4) is 0 Å². The molecule has 172 valence electrons. The van der Waals surface area contributed by atoms with E-state index in [0.29, 0.717) is 0 Å². The average Bonchev–Trinajstić information content (AvgIpc) is 3.29. The molecule has 0 nitrogen and oxygen atoms in total. The molecule has 2 heteroatoms. The van der Waals surface area contributed by atoms with Crippen LogP contribution in [0.15, 0.2) is 97.1 Å². The molecule has 0 amide bonds. The predicted octanol–water partition coefficient (Wildman–Crippen LogP) is 4.03. The molecule has 0 atom stereocenters. The van der Waals surface area contributed by atoms with Crippen molar-refractivity contribution in [3.63, 3.8) is 0 Å². The first-order chi connectivity index (χ1) is 17.1. The summed E-state index contributed by atoms with van der Waals surface area (Å²) in [6, 6.07) is 37.3. The van der Waals surface area contributed by atoms with Crippen LogP contribution in [-0.4, -0.2) is 35.6 Å². The van der Waals surface area contributed by atoms with Gasteiger partial charge in [0.2, 0.25) is 0 Å². The fourth-order valence-corrected chi connectivity index (χ4v) is 14.4. The van der Waals surface area contributed by atoms with Gasteiger partial charge in [0.1, 0.15) is 0 Å². The van der Waals surface area contributed by atoms with Gasteiger partial charge in [-0.05, 0) is 0 Å². The summed E-state index contributed by atoms with van der Waals surface area (Å²) in [6.45, 7) is 6.84. The first-order valence-electron chi connectivity index (χ1n) is 12.3. The van der Waals surface area contributed by atoms with Gasteiger partial charge < -0.3 is 0 Å². The van der Waals surface area contributed by atoms with Crippen molar-refractivity contribution in [1.29, 1.82) is 0 Å². The zero-order valence-electron chi connectivity index (χ0n) is 20.5. The first-order valence-corrected chi connectivity index (χ1v) is 17.5. The molecule has 6 rings (SSSR count). The summed E-state index contributed by atoms with van der Waals surface area (Å²) < 4.78 is 7.87. The molecule has 1 aliphatic rings. The van der Waals surface area contributed by atoms with Crippen LogP contribution in [0.25, 0.3) is 10.8 Å². The number of hydrogen-bond acceptors (Lipinski definition) is 0. The van der Waals surface area contributed by atoms with Crippen molar-refractivity contribution >= 4 is 66.6 Å². The van der Waals surface area contributed by atoms with E-state index >= 15 is 0 Å². The molecule has 5 aromatic rings. The predicted molar refractivity (Wildman–Crippen MR) is 155 cm³/mol. The Hall–Kier alpha value is -2.29. The maximum absolute atomic E-state index is 2.51. The van der Waals surface area contributed by atoms with Crippen molar-refractivity contribution in [2.45, 2.75) is 33.6 Å². The van der Waals surface area contributed by atoms with Crippen LogP contribution in [0.4, 0.5) is 0 Å². The van der Waals surface area contributed by atoms with Crippen molar-refractivity contribution < 1.29 is 0 Å². The minimum atomic E-state index is -1.71. The van der Waals surface area contributed by atoms with Gasteiger partial charge >= 0.3 is 225 Å². The molecule has 0 spiro atoms. The zero-order valence-corrected chi connectivity index (χ0v) is 24.7. The van der Waals surface area contributed by atoms with E-state index < -0.39 is 35.6 Å². The fraction of sp³-hybridized carbons (Fsp3) is 0.152. The Balaban J connectivity index is 1.63. The van der Waals surface area contributed by atoms with Gasteiger partial charge in [0.05, 0.1) is 0 Å².